The second kappa shape index (κ2) is 8.47. The van der Waals surface area contributed by atoms with Crippen molar-refractivity contribution in [2.75, 3.05) is 23.1 Å². The number of nitrogens with zero attached hydrogens (tertiary/aromatic N) is 3. The van der Waals surface area contributed by atoms with E-state index in [1.54, 1.807) is 0 Å². The summed E-state index contributed by atoms with van der Waals surface area (Å²) in [5.41, 5.74) is -1.69. The Balaban J connectivity index is 1.69. The summed E-state index contributed by atoms with van der Waals surface area (Å²) >= 11 is 6.16. The van der Waals surface area contributed by atoms with Gasteiger partial charge in [-0.25, -0.2) is 22.5 Å². The first-order valence-electron chi connectivity index (χ1n) is 9.44. The topological polar surface area (TPSA) is 96.3 Å². The fourth-order valence-corrected chi connectivity index (χ4v) is 4.88. The van der Waals surface area contributed by atoms with E-state index < -0.39 is 63.5 Å². The van der Waals surface area contributed by atoms with E-state index in [2.05, 4.69) is 15.0 Å². The molecular weight excluding hydrogens is 490 g/mol. The summed E-state index contributed by atoms with van der Waals surface area (Å²) in [7, 11) is -3.02. The van der Waals surface area contributed by atoms with Crippen LogP contribution in [0.5, 0.6) is 0 Å². The van der Waals surface area contributed by atoms with Crippen molar-refractivity contribution in [2.45, 2.75) is 12.3 Å². The van der Waals surface area contributed by atoms with E-state index in [0.29, 0.717) is 4.31 Å². The number of hydrogen-bond acceptors (Lipinski definition) is 5. The first-order chi connectivity index (χ1) is 15.5. The molecule has 3 aromatic rings. The predicted octanol–water partition coefficient (Wildman–Crippen LogP) is 3.26. The second-order valence-electron chi connectivity index (χ2n) is 7.35. The van der Waals surface area contributed by atoms with Crippen LogP contribution >= 0.6 is 11.6 Å². The molecule has 14 heteroatoms. The van der Waals surface area contributed by atoms with Gasteiger partial charge in [-0.2, -0.15) is 12.7 Å². The van der Waals surface area contributed by atoms with E-state index in [0.717, 1.165) is 16.7 Å². The van der Waals surface area contributed by atoms with Gasteiger partial charge in [0, 0.05) is 20.1 Å². The van der Waals surface area contributed by atoms with Gasteiger partial charge in [0.15, 0.2) is 5.82 Å². The molecule has 1 fully saturated rings. The summed E-state index contributed by atoms with van der Waals surface area (Å²) in [4.78, 5) is 16.2. The van der Waals surface area contributed by atoms with Crippen molar-refractivity contribution in [1.29, 1.82) is 0 Å². The van der Waals surface area contributed by atoms with Crippen LogP contribution in [0.4, 0.5) is 34.6 Å². The van der Waals surface area contributed by atoms with E-state index in [9.17, 15) is 26.4 Å². The second-order valence-corrected chi connectivity index (χ2v) is 9.40. The zero-order valence-corrected chi connectivity index (χ0v) is 18.4. The number of alkyl halides is 2. The maximum atomic E-state index is 15.0. The largest absolute Gasteiger partial charge is 0.349 e. The zero-order valence-electron chi connectivity index (χ0n) is 16.8. The summed E-state index contributed by atoms with van der Waals surface area (Å²) in [6.07, 6.45) is -2.72. The van der Waals surface area contributed by atoms with Crippen LogP contribution in [0.25, 0.3) is 10.9 Å². The first kappa shape index (κ1) is 23.3. The van der Waals surface area contributed by atoms with Crippen molar-refractivity contribution in [3.8, 4) is 0 Å². The van der Waals surface area contributed by atoms with E-state index in [1.807, 2.05) is 0 Å². The van der Waals surface area contributed by atoms with Gasteiger partial charge in [0.2, 0.25) is 0 Å². The van der Waals surface area contributed by atoms with E-state index in [1.165, 1.54) is 25.5 Å². The van der Waals surface area contributed by atoms with Gasteiger partial charge in [-0.15, -0.1) is 0 Å². The number of benzene rings is 2. The number of rotatable bonds is 5. The molecule has 1 aliphatic heterocycles. The minimum absolute atomic E-state index is 0.0807. The van der Waals surface area contributed by atoms with Gasteiger partial charge in [0.05, 0.1) is 33.9 Å². The van der Waals surface area contributed by atoms with E-state index in [4.69, 9.17) is 11.6 Å². The van der Waals surface area contributed by atoms with Gasteiger partial charge < -0.3 is 9.88 Å². The quantitative estimate of drug-likeness (QED) is 0.519. The van der Waals surface area contributed by atoms with Crippen molar-refractivity contribution >= 4 is 49.8 Å². The third-order valence-electron chi connectivity index (χ3n) is 5.10. The van der Waals surface area contributed by atoms with Crippen LogP contribution < -0.4 is 15.6 Å². The van der Waals surface area contributed by atoms with Crippen LogP contribution in [0.1, 0.15) is 0 Å². The molecule has 1 aliphatic rings. The van der Waals surface area contributed by atoms with Gasteiger partial charge in [0.1, 0.15) is 23.5 Å². The highest BCUT2D eigenvalue weighted by molar-refractivity contribution is 7.90. The van der Waals surface area contributed by atoms with Gasteiger partial charge in [-0.3, -0.25) is 9.52 Å². The molecule has 0 saturated carbocycles. The Bertz CT molecular complexity index is 1410. The minimum Gasteiger partial charge on any atom is -0.349 e. The Labute approximate surface area is 190 Å². The SMILES string of the molecule is Cn1cnc2ccc(Nc3c(F)ccc(NS(=O)(=O)N4C[C@@H](F)[C@@H](F)C4)c3Cl)c(F)c2c1=O. The number of fused-ring (bicyclic) bond motifs is 1. The smallest absolute Gasteiger partial charge is 0.301 e. The molecule has 0 bridgehead atoms. The standard InChI is InChI=1S/C19H16ClF4N5O3S/c1-28-8-25-12-4-5-14(17(24)15(12)19(28)30)26-18-9(21)2-3-13(16(18)20)27-33(31,32)29-6-10(22)11(23)7-29/h2-5,8,10-11,26-27H,6-7H2,1H3/t10-,11+. The van der Waals surface area contributed by atoms with Gasteiger partial charge >= 0.3 is 10.2 Å². The Hall–Kier alpha value is -2.90. The van der Waals surface area contributed by atoms with Crippen molar-refractivity contribution in [3.05, 3.63) is 57.6 Å². The fourth-order valence-electron chi connectivity index (χ4n) is 3.32. The van der Waals surface area contributed by atoms with Gasteiger partial charge in [-0.1, -0.05) is 11.6 Å². The van der Waals surface area contributed by atoms with Crippen LogP contribution in [-0.4, -0.2) is 47.7 Å². The molecule has 0 spiro atoms. The van der Waals surface area contributed by atoms with Crippen LogP contribution in [0.2, 0.25) is 5.02 Å². The average Bonchev–Trinajstić information content (AvgIpc) is 3.11. The molecule has 4 rings (SSSR count). The minimum atomic E-state index is -4.41. The molecule has 0 amide bonds. The molecule has 0 radical (unpaired) electrons. The lowest BCUT2D eigenvalue weighted by Crippen LogP contribution is -2.34. The Morgan fingerprint density at radius 1 is 1.09 bits per heavy atom. The summed E-state index contributed by atoms with van der Waals surface area (Å²) in [6, 6.07) is 4.43. The Morgan fingerprint density at radius 2 is 1.73 bits per heavy atom. The highest BCUT2D eigenvalue weighted by atomic mass is 35.5. The lowest BCUT2D eigenvalue weighted by Gasteiger charge is -2.19. The number of halogens is 5. The van der Waals surface area contributed by atoms with E-state index in [-0.39, 0.29) is 22.3 Å². The lowest BCUT2D eigenvalue weighted by molar-refractivity contribution is 0.217. The van der Waals surface area contributed by atoms with Crippen molar-refractivity contribution in [2.24, 2.45) is 7.05 Å². The van der Waals surface area contributed by atoms with Crippen LogP contribution in [0, 0.1) is 11.6 Å². The van der Waals surface area contributed by atoms with Gasteiger partial charge in [-0.05, 0) is 24.3 Å². The van der Waals surface area contributed by atoms with Crippen molar-refractivity contribution < 1.29 is 26.0 Å². The molecule has 176 valence electrons. The van der Waals surface area contributed by atoms with E-state index >= 15 is 4.39 Å². The fraction of sp³-hybridized carbons (Fsp3) is 0.263. The molecule has 2 heterocycles. The molecule has 1 aromatic heterocycles. The number of anilines is 3. The number of nitrogens with one attached hydrogen (secondary N) is 2. The average molecular weight is 506 g/mol. The summed E-state index contributed by atoms with van der Waals surface area (Å²) in [5, 5.41) is 1.62. The molecular formula is C19H16ClF4N5O3S. The number of aromatic nitrogens is 2. The normalized spacial score (nSPS) is 19.2. The highest BCUT2D eigenvalue weighted by Gasteiger charge is 2.39. The van der Waals surface area contributed by atoms with Crippen molar-refractivity contribution in [1.82, 2.24) is 13.9 Å². The van der Waals surface area contributed by atoms with Gasteiger partial charge in [0.25, 0.3) is 5.56 Å². The summed E-state index contributed by atoms with van der Waals surface area (Å²) in [6.45, 7) is -1.38. The molecule has 0 aliphatic carbocycles. The molecule has 2 N–H and O–H groups in total. The summed E-state index contributed by atoms with van der Waals surface area (Å²) in [5.74, 6) is -1.96. The first-order valence-corrected chi connectivity index (χ1v) is 11.3. The van der Waals surface area contributed by atoms with Crippen LogP contribution in [-0.2, 0) is 17.3 Å². The van der Waals surface area contributed by atoms with Crippen LogP contribution in [0.3, 0.4) is 0 Å². The maximum Gasteiger partial charge on any atom is 0.301 e. The summed E-state index contributed by atoms with van der Waals surface area (Å²) < 4.78 is 85.0. The third kappa shape index (κ3) is 4.23. The van der Waals surface area contributed by atoms with Crippen LogP contribution in [0.15, 0.2) is 35.4 Å². The maximum absolute atomic E-state index is 15.0. The highest BCUT2D eigenvalue weighted by Crippen LogP contribution is 2.37. The molecule has 2 aromatic carbocycles. The molecule has 0 unspecified atom stereocenters. The Morgan fingerprint density at radius 3 is 2.39 bits per heavy atom. The molecule has 2 atom stereocenters. The Kier molecular flexibility index (Phi) is 5.97. The van der Waals surface area contributed by atoms with Crippen molar-refractivity contribution in [3.63, 3.8) is 0 Å². The number of aryl methyl sites for hydroxylation is 1. The molecule has 33 heavy (non-hydrogen) atoms. The molecule has 8 nitrogen and oxygen atoms in total. The predicted molar refractivity (Wildman–Crippen MR) is 116 cm³/mol. The zero-order chi connectivity index (χ0) is 24.1. The molecule has 1 saturated heterocycles. The third-order valence-corrected chi connectivity index (χ3v) is 6.95. The number of hydrogen-bond donors (Lipinski definition) is 2. The lowest BCUT2D eigenvalue weighted by atomic mass is 10.2. The monoisotopic (exact) mass is 505 g/mol.